The van der Waals surface area contributed by atoms with Gasteiger partial charge in [0.25, 0.3) is 0 Å². The van der Waals surface area contributed by atoms with Gasteiger partial charge in [-0.2, -0.15) is 0 Å². The number of halogens is 2. The summed E-state index contributed by atoms with van der Waals surface area (Å²) in [7, 11) is 0. The lowest BCUT2D eigenvalue weighted by molar-refractivity contribution is 0.0832. The molecular formula is C11H15ClFNO. The summed E-state index contributed by atoms with van der Waals surface area (Å²) in [4.78, 5) is 0. The fourth-order valence-corrected chi connectivity index (χ4v) is 1.27. The smallest absolute Gasteiger partial charge is 0.128 e. The molecule has 1 aromatic carbocycles. The average Bonchev–Trinajstić information content (AvgIpc) is 2.09. The number of benzene rings is 1. The van der Waals surface area contributed by atoms with Crippen LogP contribution in [0, 0.1) is 5.82 Å². The van der Waals surface area contributed by atoms with Gasteiger partial charge in [-0.1, -0.05) is 11.6 Å². The van der Waals surface area contributed by atoms with Crippen LogP contribution in [-0.2, 0) is 11.3 Å². The van der Waals surface area contributed by atoms with E-state index in [9.17, 15) is 4.39 Å². The molecule has 84 valence electrons. The fraction of sp³-hybridized carbons (Fsp3) is 0.455. The van der Waals surface area contributed by atoms with Crippen LogP contribution in [0.15, 0.2) is 18.2 Å². The zero-order valence-corrected chi connectivity index (χ0v) is 9.64. The number of rotatable bonds is 4. The molecule has 0 amide bonds. The van der Waals surface area contributed by atoms with E-state index in [0.717, 1.165) is 0 Å². The van der Waals surface area contributed by atoms with Crippen LogP contribution < -0.4 is 5.73 Å². The van der Waals surface area contributed by atoms with Crippen LogP contribution in [0.25, 0.3) is 0 Å². The minimum atomic E-state index is -0.408. The van der Waals surface area contributed by atoms with Crippen molar-refractivity contribution in [2.45, 2.75) is 26.0 Å². The molecule has 0 fully saturated rings. The second kappa shape index (κ2) is 4.92. The van der Waals surface area contributed by atoms with Crippen LogP contribution >= 0.6 is 11.6 Å². The van der Waals surface area contributed by atoms with Crippen LogP contribution in [0.4, 0.5) is 4.39 Å². The third-order valence-electron chi connectivity index (χ3n) is 1.74. The summed E-state index contributed by atoms with van der Waals surface area (Å²) in [6, 6.07) is 4.39. The van der Waals surface area contributed by atoms with Gasteiger partial charge in [-0.05, 0) is 32.0 Å². The van der Waals surface area contributed by atoms with Gasteiger partial charge in [0.15, 0.2) is 0 Å². The second-order valence-corrected chi connectivity index (χ2v) is 4.65. The second-order valence-electron chi connectivity index (χ2n) is 4.22. The van der Waals surface area contributed by atoms with Gasteiger partial charge in [-0.3, -0.25) is 0 Å². The van der Waals surface area contributed by atoms with E-state index in [-0.39, 0.29) is 12.4 Å². The van der Waals surface area contributed by atoms with E-state index in [2.05, 4.69) is 0 Å². The summed E-state index contributed by atoms with van der Waals surface area (Å²) < 4.78 is 18.5. The summed E-state index contributed by atoms with van der Waals surface area (Å²) in [5.74, 6) is -0.311. The maximum atomic E-state index is 13.2. The standard InChI is InChI=1S/C11H15ClFNO/c1-11(2,14)7-15-6-8-5-9(12)3-4-10(8)13/h3-5H,6-7,14H2,1-2H3. The maximum absolute atomic E-state index is 13.2. The van der Waals surface area contributed by atoms with Crippen molar-refractivity contribution in [3.8, 4) is 0 Å². The van der Waals surface area contributed by atoms with Crippen LogP contribution in [0.1, 0.15) is 19.4 Å². The molecule has 15 heavy (non-hydrogen) atoms. The Kier molecular flexibility index (Phi) is 4.08. The van der Waals surface area contributed by atoms with Crippen molar-refractivity contribution in [3.05, 3.63) is 34.6 Å². The van der Waals surface area contributed by atoms with E-state index in [0.29, 0.717) is 17.2 Å². The van der Waals surface area contributed by atoms with E-state index in [1.807, 2.05) is 13.8 Å². The van der Waals surface area contributed by atoms with Crippen molar-refractivity contribution in [3.63, 3.8) is 0 Å². The highest BCUT2D eigenvalue weighted by Crippen LogP contribution is 2.16. The van der Waals surface area contributed by atoms with Gasteiger partial charge < -0.3 is 10.5 Å². The minimum absolute atomic E-state index is 0.188. The van der Waals surface area contributed by atoms with Gasteiger partial charge in [-0.15, -0.1) is 0 Å². The summed E-state index contributed by atoms with van der Waals surface area (Å²) >= 11 is 5.74. The maximum Gasteiger partial charge on any atom is 0.128 e. The molecule has 0 aromatic heterocycles. The number of ether oxygens (including phenoxy) is 1. The van der Waals surface area contributed by atoms with Crippen molar-refractivity contribution in [1.29, 1.82) is 0 Å². The lowest BCUT2D eigenvalue weighted by atomic mass is 10.1. The average molecular weight is 232 g/mol. The highest BCUT2D eigenvalue weighted by atomic mass is 35.5. The minimum Gasteiger partial charge on any atom is -0.375 e. The van der Waals surface area contributed by atoms with Crippen molar-refractivity contribution >= 4 is 11.6 Å². The quantitative estimate of drug-likeness (QED) is 0.865. The molecule has 4 heteroatoms. The molecular weight excluding hydrogens is 217 g/mol. The number of nitrogens with two attached hydrogens (primary N) is 1. The monoisotopic (exact) mass is 231 g/mol. The predicted octanol–water partition coefficient (Wildman–Crippen LogP) is 2.73. The zero-order chi connectivity index (χ0) is 11.5. The van der Waals surface area contributed by atoms with Crippen molar-refractivity contribution in [2.75, 3.05) is 6.61 Å². The van der Waals surface area contributed by atoms with Gasteiger partial charge in [0.2, 0.25) is 0 Å². The van der Waals surface area contributed by atoms with Gasteiger partial charge in [-0.25, -0.2) is 4.39 Å². The molecule has 1 rings (SSSR count). The van der Waals surface area contributed by atoms with Crippen LogP contribution in [0.5, 0.6) is 0 Å². The fourth-order valence-electron chi connectivity index (χ4n) is 1.08. The Bertz CT molecular complexity index is 336. The number of hydrogen-bond donors (Lipinski definition) is 1. The molecule has 2 N–H and O–H groups in total. The summed E-state index contributed by atoms with van der Waals surface area (Å²) in [6.07, 6.45) is 0. The van der Waals surface area contributed by atoms with Gasteiger partial charge in [0, 0.05) is 16.1 Å². The first-order chi connectivity index (χ1) is 6.88. The lowest BCUT2D eigenvalue weighted by Gasteiger charge is -2.18. The number of hydrogen-bond acceptors (Lipinski definition) is 2. The summed E-state index contributed by atoms with van der Waals surface area (Å²) in [6.45, 7) is 4.26. The SMILES string of the molecule is CC(C)(N)COCc1cc(Cl)ccc1F. The normalized spacial score (nSPS) is 11.8. The topological polar surface area (TPSA) is 35.2 Å². The molecule has 0 aliphatic heterocycles. The molecule has 0 heterocycles. The van der Waals surface area contributed by atoms with E-state index in [1.165, 1.54) is 12.1 Å². The molecule has 0 bridgehead atoms. The Morgan fingerprint density at radius 3 is 2.73 bits per heavy atom. The Morgan fingerprint density at radius 1 is 1.47 bits per heavy atom. The molecule has 0 saturated heterocycles. The summed E-state index contributed by atoms with van der Waals surface area (Å²) in [5.41, 5.74) is 5.77. The molecule has 0 saturated carbocycles. The Morgan fingerprint density at radius 2 is 2.13 bits per heavy atom. The van der Waals surface area contributed by atoms with Crippen LogP contribution in [0.3, 0.4) is 0 Å². The third kappa shape index (κ3) is 4.60. The molecule has 0 atom stereocenters. The van der Waals surface area contributed by atoms with E-state index < -0.39 is 5.54 Å². The van der Waals surface area contributed by atoms with Crippen molar-refractivity contribution < 1.29 is 9.13 Å². The van der Waals surface area contributed by atoms with Gasteiger partial charge >= 0.3 is 0 Å². The molecule has 0 aliphatic carbocycles. The summed E-state index contributed by atoms with van der Waals surface area (Å²) in [5, 5.41) is 0.502. The zero-order valence-electron chi connectivity index (χ0n) is 8.89. The van der Waals surface area contributed by atoms with E-state index in [1.54, 1.807) is 6.07 Å². The Hall–Kier alpha value is -0.640. The highest BCUT2D eigenvalue weighted by molar-refractivity contribution is 6.30. The molecule has 0 aliphatic rings. The first-order valence-electron chi connectivity index (χ1n) is 4.69. The predicted molar refractivity (Wildman–Crippen MR) is 59.3 cm³/mol. The molecule has 0 unspecified atom stereocenters. The Labute approximate surface area is 94.2 Å². The third-order valence-corrected chi connectivity index (χ3v) is 1.97. The van der Waals surface area contributed by atoms with E-state index in [4.69, 9.17) is 22.1 Å². The van der Waals surface area contributed by atoms with Crippen LogP contribution in [0.2, 0.25) is 5.02 Å². The molecule has 0 spiro atoms. The lowest BCUT2D eigenvalue weighted by Crippen LogP contribution is -2.37. The van der Waals surface area contributed by atoms with E-state index >= 15 is 0 Å². The van der Waals surface area contributed by atoms with Gasteiger partial charge in [0.05, 0.1) is 13.2 Å². The van der Waals surface area contributed by atoms with Gasteiger partial charge in [0.1, 0.15) is 5.82 Å². The first kappa shape index (κ1) is 12.4. The molecule has 2 nitrogen and oxygen atoms in total. The Balaban J connectivity index is 2.54. The highest BCUT2D eigenvalue weighted by Gasteiger charge is 2.11. The molecule has 1 aromatic rings. The van der Waals surface area contributed by atoms with Crippen LogP contribution in [-0.4, -0.2) is 12.1 Å². The molecule has 0 radical (unpaired) electrons. The van der Waals surface area contributed by atoms with Crippen molar-refractivity contribution in [1.82, 2.24) is 0 Å². The largest absolute Gasteiger partial charge is 0.375 e. The van der Waals surface area contributed by atoms with Crippen molar-refractivity contribution in [2.24, 2.45) is 5.73 Å². The first-order valence-corrected chi connectivity index (χ1v) is 5.07.